The molecule has 0 aliphatic rings. The van der Waals surface area contributed by atoms with E-state index >= 15 is 0 Å². The predicted octanol–water partition coefficient (Wildman–Crippen LogP) is 2.98. The molecule has 0 saturated carbocycles. The standard InChI is InChI=1S/C12H11ClF3NO2/c13-9-3-1-8(2-4-9)10(18)5-6-11(19)17-7-12(14,15)16/h1-4H,5-7H2,(H,17,19). The van der Waals surface area contributed by atoms with Crippen molar-refractivity contribution in [3.05, 3.63) is 34.9 Å². The Kier molecular flexibility index (Phi) is 5.35. The van der Waals surface area contributed by atoms with Gasteiger partial charge in [0.25, 0.3) is 0 Å². The third kappa shape index (κ3) is 6.24. The van der Waals surface area contributed by atoms with Crippen molar-refractivity contribution in [2.75, 3.05) is 6.54 Å². The van der Waals surface area contributed by atoms with Crippen LogP contribution >= 0.6 is 11.6 Å². The van der Waals surface area contributed by atoms with Gasteiger partial charge >= 0.3 is 6.18 Å². The zero-order chi connectivity index (χ0) is 14.5. The van der Waals surface area contributed by atoms with Crippen LogP contribution in [-0.2, 0) is 4.79 Å². The number of carbonyl (C=O) groups excluding carboxylic acids is 2. The monoisotopic (exact) mass is 293 g/mol. The van der Waals surface area contributed by atoms with Gasteiger partial charge < -0.3 is 5.32 Å². The van der Waals surface area contributed by atoms with E-state index in [9.17, 15) is 22.8 Å². The highest BCUT2D eigenvalue weighted by Crippen LogP contribution is 2.13. The zero-order valence-corrected chi connectivity index (χ0v) is 10.5. The highest BCUT2D eigenvalue weighted by Gasteiger charge is 2.27. The van der Waals surface area contributed by atoms with Crippen molar-refractivity contribution in [1.29, 1.82) is 0 Å². The fraction of sp³-hybridized carbons (Fsp3) is 0.333. The number of halogens is 4. The maximum Gasteiger partial charge on any atom is 0.405 e. The van der Waals surface area contributed by atoms with Crippen LogP contribution in [0.2, 0.25) is 5.02 Å². The first-order valence-corrected chi connectivity index (χ1v) is 5.78. The average molecular weight is 294 g/mol. The normalized spacial score (nSPS) is 11.2. The van der Waals surface area contributed by atoms with Crippen molar-refractivity contribution in [1.82, 2.24) is 5.32 Å². The molecule has 0 spiro atoms. The van der Waals surface area contributed by atoms with Crippen LogP contribution in [0.1, 0.15) is 23.2 Å². The van der Waals surface area contributed by atoms with Crippen molar-refractivity contribution in [2.24, 2.45) is 0 Å². The smallest absolute Gasteiger partial charge is 0.347 e. The van der Waals surface area contributed by atoms with Crippen LogP contribution in [0.15, 0.2) is 24.3 Å². The average Bonchev–Trinajstić information content (AvgIpc) is 2.33. The fourth-order valence-electron chi connectivity index (χ4n) is 1.29. The van der Waals surface area contributed by atoms with E-state index in [0.29, 0.717) is 10.6 Å². The van der Waals surface area contributed by atoms with Crippen molar-refractivity contribution in [3.63, 3.8) is 0 Å². The van der Waals surface area contributed by atoms with E-state index in [1.807, 2.05) is 0 Å². The number of carbonyl (C=O) groups is 2. The number of ketones is 1. The Bertz CT molecular complexity index is 457. The molecule has 0 saturated heterocycles. The Hall–Kier alpha value is -1.56. The molecule has 19 heavy (non-hydrogen) atoms. The summed E-state index contributed by atoms with van der Waals surface area (Å²) in [7, 11) is 0. The largest absolute Gasteiger partial charge is 0.405 e. The van der Waals surface area contributed by atoms with Crippen molar-refractivity contribution >= 4 is 23.3 Å². The summed E-state index contributed by atoms with van der Waals surface area (Å²) in [4.78, 5) is 22.7. The number of hydrogen-bond acceptors (Lipinski definition) is 2. The fourth-order valence-corrected chi connectivity index (χ4v) is 1.42. The number of nitrogens with one attached hydrogen (secondary N) is 1. The molecular weight excluding hydrogens is 283 g/mol. The summed E-state index contributed by atoms with van der Waals surface area (Å²) in [6.45, 7) is -1.39. The third-order valence-electron chi connectivity index (χ3n) is 2.23. The highest BCUT2D eigenvalue weighted by molar-refractivity contribution is 6.30. The van der Waals surface area contributed by atoms with Crippen molar-refractivity contribution in [3.8, 4) is 0 Å². The number of hydrogen-bond donors (Lipinski definition) is 1. The summed E-state index contributed by atoms with van der Waals surface area (Å²) in [6, 6.07) is 6.05. The first-order chi connectivity index (χ1) is 8.78. The number of rotatable bonds is 5. The molecule has 3 nitrogen and oxygen atoms in total. The third-order valence-corrected chi connectivity index (χ3v) is 2.48. The van der Waals surface area contributed by atoms with Crippen LogP contribution in [0, 0.1) is 0 Å². The molecule has 0 radical (unpaired) electrons. The van der Waals surface area contributed by atoms with E-state index < -0.39 is 18.6 Å². The van der Waals surface area contributed by atoms with Gasteiger partial charge in [-0.25, -0.2) is 0 Å². The Labute approximate surface area is 112 Å². The van der Waals surface area contributed by atoms with Crippen LogP contribution in [0.25, 0.3) is 0 Å². The van der Waals surface area contributed by atoms with E-state index in [-0.39, 0.29) is 18.6 Å². The van der Waals surface area contributed by atoms with Gasteiger partial charge in [0.1, 0.15) is 6.54 Å². The van der Waals surface area contributed by atoms with E-state index in [1.165, 1.54) is 24.3 Å². The van der Waals surface area contributed by atoms with Gasteiger partial charge in [0.2, 0.25) is 5.91 Å². The van der Waals surface area contributed by atoms with Gasteiger partial charge in [-0.3, -0.25) is 9.59 Å². The molecule has 0 aliphatic heterocycles. The molecule has 0 heterocycles. The molecule has 1 aromatic rings. The molecule has 0 atom stereocenters. The quantitative estimate of drug-likeness (QED) is 0.848. The molecular formula is C12H11ClF3NO2. The van der Waals surface area contributed by atoms with Crippen LogP contribution in [0.4, 0.5) is 13.2 Å². The molecule has 1 amide bonds. The van der Waals surface area contributed by atoms with Gasteiger partial charge in [0.15, 0.2) is 5.78 Å². The lowest BCUT2D eigenvalue weighted by Gasteiger charge is -2.07. The second-order valence-corrected chi connectivity index (χ2v) is 4.26. The molecule has 0 bridgehead atoms. The Morgan fingerprint density at radius 3 is 2.21 bits per heavy atom. The van der Waals surface area contributed by atoms with E-state index in [4.69, 9.17) is 11.6 Å². The van der Waals surface area contributed by atoms with Crippen LogP contribution in [0.5, 0.6) is 0 Å². The summed E-state index contributed by atoms with van der Waals surface area (Å²) in [5.41, 5.74) is 0.369. The molecule has 0 unspecified atom stereocenters. The maximum atomic E-state index is 11.8. The predicted molar refractivity (Wildman–Crippen MR) is 64.1 cm³/mol. The zero-order valence-electron chi connectivity index (χ0n) is 9.76. The van der Waals surface area contributed by atoms with Gasteiger partial charge in [-0.2, -0.15) is 13.2 Å². The molecule has 1 aromatic carbocycles. The minimum absolute atomic E-state index is 0.147. The molecule has 104 valence electrons. The van der Waals surface area contributed by atoms with Crippen molar-refractivity contribution < 1.29 is 22.8 Å². The second kappa shape index (κ2) is 6.56. The second-order valence-electron chi connectivity index (χ2n) is 3.82. The number of amides is 1. The maximum absolute atomic E-state index is 11.8. The first-order valence-electron chi connectivity index (χ1n) is 5.40. The van der Waals surface area contributed by atoms with Crippen LogP contribution < -0.4 is 5.32 Å². The summed E-state index contributed by atoms with van der Waals surface area (Å²) in [6.07, 6.45) is -4.88. The molecule has 0 aliphatic carbocycles. The summed E-state index contributed by atoms with van der Waals surface area (Å²) in [5.74, 6) is -1.13. The SMILES string of the molecule is O=C(CCC(=O)c1ccc(Cl)cc1)NCC(F)(F)F. The van der Waals surface area contributed by atoms with Gasteiger partial charge in [-0.05, 0) is 24.3 Å². The molecule has 1 rings (SSSR count). The lowest BCUT2D eigenvalue weighted by molar-refractivity contribution is -0.138. The summed E-state index contributed by atoms with van der Waals surface area (Å²) >= 11 is 5.65. The lowest BCUT2D eigenvalue weighted by Crippen LogP contribution is -2.33. The Morgan fingerprint density at radius 2 is 1.68 bits per heavy atom. The minimum atomic E-state index is -4.45. The Balaban J connectivity index is 2.38. The number of Topliss-reactive ketones (excluding diaryl/α,β-unsaturated/α-hetero) is 1. The van der Waals surface area contributed by atoms with Gasteiger partial charge in [-0.1, -0.05) is 11.6 Å². The van der Waals surface area contributed by atoms with Crippen LogP contribution in [-0.4, -0.2) is 24.4 Å². The molecule has 1 N–H and O–H groups in total. The number of benzene rings is 1. The van der Waals surface area contributed by atoms with Gasteiger partial charge in [0.05, 0.1) is 0 Å². The first kappa shape index (κ1) is 15.5. The minimum Gasteiger partial charge on any atom is -0.347 e. The highest BCUT2D eigenvalue weighted by atomic mass is 35.5. The molecule has 0 aromatic heterocycles. The van der Waals surface area contributed by atoms with Crippen molar-refractivity contribution in [2.45, 2.75) is 19.0 Å². The summed E-state index contributed by atoms with van der Waals surface area (Å²) < 4.78 is 35.5. The van der Waals surface area contributed by atoms with E-state index in [1.54, 1.807) is 5.32 Å². The lowest BCUT2D eigenvalue weighted by atomic mass is 10.1. The van der Waals surface area contributed by atoms with Gasteiger partial charge in [0, 0.05) is 23.4 Å². The topological polar surface area (TPSA) is 46.2 Å². The van der Waals surface area contributed by atoms with E-state index in [2.05, 4.69) is 0 Å². The molecule has 0 fully saturated rings. The van der Waals surface area contributed by atoms with E-state index in [0.717, 1.165) is 0 Å². The number of alkyl halides is 3. The molecule has 7 heteroatoms. The van der Waals surface area contributed by atoms with Gasteiger partial charge in [-0.15, -0.1) is 0 Å². The summed E-state index contributed by atoms with van der Waals surface area (Å²) in [5, 5.41) is 2.17. The Morgan fingerprint density at radius 1 is 1.11 bits per heavy atom. The van der Waals surface area contributed by atoms with Crippen LogP contribution in [0.3, 0.4) is 0 Å².